The highest BCUT2D eigenvalue weighted by atomic mass is 16.2. The lowest BCUT2D eigenvalue weighted by Gasteiger charge is -2.26. The van der Waals surface area contributed by atoms with E-state index < -0.39 is 6.03 Å². The summed E-state index contributed by atoms with van der Waals surface area (Å²) in [6, 6.07) is 9.15. The van der Waals surface area contributed by atoms with Crippen molar-refractivity contribution < 1.29 is 9.59 Å². The maximum atomic E-state index is 11.7. The molecule has 1 aromatic rings. The van der Waals surface area contributed by atoms with E-state index in [-0.39, 0.29) is 5.91 Å². The number of piperazine rings is 1. The van der Waals surface area contributed by atoms with E-state index in [2.05, 4.69) is 20.9 Å². The summed E-state index contributed by atoms with van der Waals surface area (Å²) < 4.78 is 0. The smallest absolute Gasteiger partial charge is 0.321 e. The maximum Gasteiger partial charge on any atom is 0.321 e. The van der Waals surface area contributed by atoms with Crippen LogP contribution in [0.15, 0.2) is 30.3 Å². The fourth-order valence-electron chi connectivity index (χ4n) is 2.21. The highest BCUT2D eigenvalue weighted by Gasteiger charge is 2.12. The van der Waals surface area contributed by atoms with Gasteiger partial charge in [0.1, 0.15) is 0 Å². The summed E-state index contributed by atoms with van der Waals surface area (Å²) in [5, 5.41) is 8.29. The van der Waals surface area contributed by atoms with Gasteiger partial charge >= 0.3 is 6.03 Å². The molecule has 3 amide bonds. The van der Waals surface area contributed by atoms with Crippen molar-refractivity contribution in [3.63, 3.8) is 0 Å². The molecule has 6 nitrogen and oxygen atoms in total. The first-order valence-corrected chi connectivity index (χ1v) is 7.29. The van der Waals surface area contributed by atoms with Crippen LogP contribution in [0.2, 0.25) is 0 Å². The first kappa shape index (κ1) is 15.5. The number of amides is 3. The molecule has 1 aromatic carbocycles. The van der Waals surface area contributed by atoms with Gasteiger partial charge in [-0.05, 0) is 5.56 Å². The predicted molar refractivity (Wildman–Crippen MR) is 80.7 cm³/mol. The third kappa shape index (κ3) is 5.93. The van der Waals surface area contributed by atoms with Gasteiger partial charge in [0.05, 0.1) is 0 Å². The third-order valence-electron chi connectivity index (χ3n) is 3.41. The Morgan fingerprint density at radius 1 is 1.14 bits per heavy atom. The molecule has 114 valence electrons. The average Bonchev–Trinajstić information content (AvgIpc) is 2.53. The number of benzene rings is 1. The molecule has 6 heteroatoms. The number of nitrogens with zero attached hydrogens (tertiary/aromatic N) is 1. The topological polar surface area (TPSA) is 73.5 Å². The van der Waals surface area contributed by atoms with Crippen LogP contribution in [0, 0.1) is 0 Å². The zero-order chi connectivity index (χ0) is 14.9. The molecular weight excluding hydrogens is 268 g/mol. The number of carbonyl (C=O) groups is 2. The Balaban J connectivity index is 1.61. The Bertz CT molecular complexity index is 458. The summed E-state index contributed by atoms with van der Waals surface area (Å²) in [7, 11) is 0. The molecule has 0 aliphatic carbocycles. The lowest BCUT2D eigenvalue weighted by Crippen LogP contribution is -2.45. The lowest BCUT2D eigenvalue weighted by molar-refractivity contribution is -0.120. The van der Waals surface area contributed by atoms with E-state index in [0.29, 0.717) is 19.5 Å². The monoisotopic (exact) mass is 290 g/mol. The molecule has 2 rings (SSSR count). The van der Waals surface area contributed by atoms with Crippen LogP contribution < -0.4 is 16.0 Å². The SMILES string of the molecule is O=C(CCN1CCNCC1)NC(=O)NCc1ccccc1. The van der Waals surface area contributed by atoms with E-state index in [9.17, 15) is 9.59 Å². The second-order valence-electron chi connectivity index (χ2n) is 5.06. The van der Waals surface area contributed by atoms with Gasteiger partial charge in [-0.2, -0.15) is 0 Å². The second kappa shape index (κ2) is 8.39. The van der Waals surface area contributed by atoms with Crippen molar-refractivity contribution in [1.82, 2.24) is 20.9 Å². The van der Waals surface area contributed by atoms with E-state index in [1.807, 2.05) is 30.3 Å². The second-order valence-corrected chi connectivity index (χ2v) is 5.06. The van der Waals surface area contributed by atoms with E-state index in [1.165, 1.54) is 0 Å². The van der Waals surface area contributed by atoms with Crippen molar-refractivity contribution in [3.8, 4) is 0 Å². The van der Waals surface area contributed by atoms with Crippen LogP contribution in [0.1, 0.15) is 12.0 Å². The quantitative estimate of drug-likeness (QED) is 0.729. The molecule has 1 aliphatic heterocycles. The Morgan fingerprint density at radius 2 is 1.86 bits per heavy atom. The minimum atomic E-state index is -0.441. The third-order valence-corrected chi connectivity index (χ3v) is 3.41. The standard InChI is InChI=1S/C15H22N4O2/c20-14(6-9-19-10-7-16-8-11-19)18-15(21)17-12-13-4-2-1-3-5-13/h1-5,16H,6-12H2,(H2,17,18,20,21). The van der Waals surface area contributed by atoms with Crippen LogP contribution in [0.3, 0.4) is 0 Å². The summed E-state index contributed by atoms with van der Waals surface area (Å²) in [6.07, 6.45) is 0.346. The summed E-state index contributed by atoms with van der Waals surface area (Å²) >= 11 is 0. The number of urea groups is 1. The van der Waals surface area contributed by atoms with Gasteiger partial charge in [0, 0.05) is 45.7 Å². The molecule has 0 bridgehead atoms. The number of rotatable bonds is 5. The van der Waals surface area contributed by atoms with Gasteiger partial charge in [-0.1, -0.05) is 30.3 Å². The Kier molecular flexibility index (Phi) is 6.18. The molecular formula is C15H22N4O2. The minimum Gasteiger partial charge on any atom is -0.334 e. The molecule has 0 aromatic heterocycles. The van der Waals surface area contributed by atoms with Crippen LogP contribution in [-0.4, -0.2) is 49.6 Å². The molecule has 21 heavy (non-hydrogen) atoms. The maximum absolute atomic E-state index is 11.7. The number of hydrogen-bond acceptors (Lipinski definition) is 4. The van der Waals surface area contributed by atoms with Crippen LogP contribution >= 0.6 is 0 Å². The van der Waals surface area contributed by atoms with Gasteiger partial charge in [-0.3, -0.25) is 10.1 Å². The molecule has 1 fully saturated rings. The Hall–Kier alpha value is -1.92. The highest BCUT2D eigenvalue weighted by molar-refractivity contribution is 5.94. The lowest BCUT2D eigenvalue weighted by atomic mass is 10.2. The fourth-order valence-corrected chi connectivity index (χ4v) is 2.21. The van der Waals surface area contributed by atoms with Gasteiger partial charge in [0.25, 0.3) is 0 Å². The van der Waals surface area contributed by atoms with Crippen molar-refractivity contribution in [1.29, 1.82) is 0 Å². The fraction of sp³-hybridized carbons (Fsp3) is 0.467. The summed E-state index contributed by atoms with van der Waals surface area (Å²) in [4.78, 5) is 25.5. The van der Waals surface area contributed by atoms with Crippen molar-refractivity contribution in [2.45, 2.75) is 13.0 Å². The minimum absolute atomic E-state index is 0.237. The molecule has 1 heterocycles. The van der Waals surface area contributed by atoms with Crippen molar-refractivity contribution >= 4 is 11.9 Å². The summed E-state index contributed by atoms with van der Waals surface area (Å²) in [5.41, 5.74) is 1.00. The number of carbonyl (C=O) groups excluding carboxylic acids is 2. The van der Waals surface area contributed by atoms with Crippen LogP contribution in [0.5, 0.6) is 0 Å². The molecule has 1 aliphatic rings. The highest BCUT2D eigenvalue weighted by Crippen LogP contribution is 1.97. The normalized spacial score (nSPS) is 15.4. The van der Waals surface area contributed by atoms with Gasteiger partial charge in [-0.15, -0.1) is 0 Å². The molecule has 0 radical (unpaired) electrons. The first-order valence-electron chi connectivity index (χ1n) is 7.29. The van der Waals surface area contributed by atoms with Gasteiger partial charge in [-0.25, -0.2) is 4.79 Å². The van der Waals surface area contributed by atoms with E-state index in [1.54, 1.807) is 0 Å². The van der Waals surface area contributed by atoms with E-state index in [4.69, 9.17) is 0 Å². The first-order chi connectivity index (χ1) is 10.2. The van der Waals surface area contributed by atoms with Crippen LogP contribution in [0.4, 0.5) is 4.79 Å². The van der Waals surface area contributed by atoms with Crippen LogP contribution in [0.25, 0.3) is 0 Å². The zero-order valence-corrected chi connectivity index (χ0v) is 12.1. The van der Waals surface area contributed by atoms with Gasteiger partial charge < -0.3 is 15.5 Å². The molecule has 0 atom stereocenters. The zero-order valence-electron chi connectivity index (χ0n) is 12.1. The summed E-state index contributed by atoms with van der Waals surface area (Å²) in [5.74, 6) is -0.237. The number of imide groups is 1. The molecule has 0 unspecified atom stereocenters. The molecule has 0 spiro atoms. The Labute approximate surface area is 124 Å². The Morgan fingerprint density at radius 3 is 2.57 bits per heavy atom. The molecule has 1 saturated heterocycles. The largest absolute Gasteiger partial charge is 0.334 e. The van der Waals surface area contributed by atoms with Crippen LogP contribution in [-0.2, 0) is 11.3 Å². The van der Waals surface area contributed by atoms with E-state index in [0.717, 1.165) is 31.7 Å². The number of nitrogens with one attached hydrogen (secondary N) is 3. The van der Waals surface area contributed by atoms with Gasteiger partial charge in [0.2, 0.25) is 5.91 Å². The molecule has 3 N–H and O–H groups in total. The average molecular weight is 290 g/mol. The van der Waals surface area contributed by atoms with E-state index >= 15 is 0 Å². The number of hydrogen-bond donors (Lipinski definition) is 3. The summed E-state index contributed by atoms with van der Waals surface area (Å²) in [6.45, 7) is 4.93. The van der Waals surface area contributed by atoms with Crippen molar-refractivity contribution in [3.05, 3.63) is 35.9 Å². The van der Waals surface area contributed by atoms with Gasteiger partial charge in [0.15, 0.2) is 0 Å². The van der Waals surface area contributed by atoms with Crippen molar-refractivity contribution in [2.75, 3.05) is 32.7 Å². The van der Waals surface area contributed by atoms with Crippen molar-refractivity contribution in [2.24, 2.45) is 0 Å². The molecule has 0 saturated carbocycles. The predicted octanol–water partition coefficient (Wildman–Crippen LogP) is 0.308.